The van der Waals surface area contributed by atoms with E-state index in [1.165, 1.54) is 22.3 Å². The van der Waals surface area contributed by atoms with Crippen molar-refractivity contribution in [3.05, 3.63) is 143 Å². The molecule has 8 rings (SSSR count). The van der Waals surface area contributed by atoms with Crippen LogP contribution in [0.5, 0.6) is 11.5 Å². The third-order valence-corrected chi connectivity index (χ3v) is 8.37. The number of pyridine rings is 1. The smallest absolute Gasteiger partial charge is 0.514 e. The molecule has 0 bridgehead atoms. The van der Waals surface area contributed by atoms with Crippen molar-refractivity contribution in [2.75, 3.05) is 4.90 Å². The predicted octanol–water partition coefficient (Wildman–Crippen LogP) is 8.02. The van der Waals surface area contributed by atoms with Crippen LogP contribution in [0.1, 0.15) is 47.7 Å². The van der Waals surface area contributed by atoms with Crippen LogP contribution in [0.2, 0.25) is 0 Å². The molecule has 5 aromatic rings. The Morgan fingerprint density at radius 3 is 2.50 bits per heavy atom. The number of nitrogens with zero attached hydrogens (tertiary/aromatic N) is 3. The number of anilines is 3. The summed E-state index contributed by atoms with van der Waals surface area (Å²) in [5, 5.41) is 0. The first-order valence-electron chi connectivity index (χ1n) is 14.0. The van der Waals surface area contributed by atoms with Gasteiger partial charge in [0.1, 0.15) is 23.9 Å². The fourth-order valence-electron chi connectivity index (χ4n) is 6.37. The van der Waals surface area contributed by atoms with Crippen molar-refractivity contribution < 1.29 is 30.5 Å². The van der Waals surface area contributed by atoms with E-state index in [-0.39, 0.29) is 38.6 Å². The van der Waals surface area contributed by atoms with Gasteiger partial charge in [-0.3, -0.25) is 4.99 Å². The second-order valence-corrected chi connectivity index (χ2v) is 11.2. The molecule has 1 aliphatic carbocycles. The molecule has 3 heterocycles. The first-order chi connectivity index (χ1) is 20.1. The van der Waals surface area contributed by atoms with Crippen molar-refractivity contribution in [2.24, 2.45) is 4.99 Å². The van der Waals surface area contributed by atoms with Crippen LogP contribution in [-0.2, 0) is 37.6 Å². The number of aromatic nitrogens is 1. The van der Waals surface area contributed by atoms with Gasteiger partial charge in [-0.05, 0) is 28.8 Å². The van der Waals surface area contributed by atoms with Crippen LogP contribution in [0.25, 0.3) is 0 Å². The van der Waals surface area contributed by atoms with E-state index in [1.807, 2.05) is 48.7 Å². The predicted molar refractivity (Wildman–Crippen MR) is 160 cm³/mol. The molecule has 42 heavy (non-hydrogen) atoms. The molecule has 0 saturated heterocycles. The maximum absolute atomic E-state index is 6.31. The Balaban J connectivity index is 0.00000288. The Morgan fingerprint density at radius 2 is 1.60 bits per heavy atom. The molecule has 1 aromatic heterocycles. The summed E-state index contributed by atoms with van der Waals surface area (Å²) in [4.78, 5) is 11.9. The number of benzene rings is 4. The van der Waals surface area contributed by atoms with Crippen molar-refractivity contribution in [2.45, 2.75) is 37.8 Å². The van der Waals surface area contributed by atoms with Gasteiger partial charge in [-0.1, -0.05) is 79.7 Å². The molecule has 5 nitrogen and oxygen atoms in total. The maximum atomic E-state index is 6.31. The van der Waals surface area contributed by atoms with E-state index >= 15 is 0 Å². The second kappa shape index (κ2) is 10.3. The summed E-state index contributed by atoms with van der Waals surface area (Å²) in [6.45, 7) is 4.50. The number of rotatable bonds is 4. The number of hydrogen-bond acceptors (Lipinski definition) is 5. The van der Waals surface area contributed by atoms with Gasteiger partial charge in [-0.25, -0.2) is 4.98 Å². The van der Waals surface area contributed by atoms with E-state index in [0.29, 0.717) is 17.4 Å². The zero-order chi connectivity index (χ0) is 27.6. The molecule has 6 heteroatoms. The van der Waals surface area contributed by atoms with Crippen molar-refractivity contribution in [3.8, 4) is 11.5 Å². The van der Waals surface area contributed by atoms with Gasteiger partial charge < -0.3 is 14.4 Å². The SMILES string of the molecule is CC1(C)c2ccccc2N(c2[c-]c(Oc3[c-]c(C4=N[C@@H]5c6ccccc6C[C@@H]5O4)ccc3)ccc2)c2ncccc21.[Pt+2]. The minimum atomic E-state index is -0.175. The Kier molecular flexibility index (Phi) is 6.51. The van der Waals surface area contributed by atoms with E-state index in [9.17, 15) is 0 Å². The van der Waals surface area contributed by atoms with E-state index in [0.717, 1.165) is 29.2 Å². The molecule has 0 saturated carbocycles. The standard InChI is InChI=1S/C36H27N3O2.Pt/c1-36(2)29-16-5-6-18-31(29)39(34-30(36)17-9-19-37-34)25-12-8-14-27(22-25)40-26-13-7-11-24(20-26)35-38-33-28-15-4-3-10-23(28)21-32(33)41-35;/h3-19,32-33H,21H2,1-2H3;/q-2;+2/t32-,33+;/m0./s1. The molecule has 3 aliphatic rings. The molecule has 2 atom stereocenters. The van der Waals surface area contributed by atoms with Gasteiger partial charge in [0.15, 0.2) is 0 Å². The third kappa shape index (κ3) is 4.26. The normalized spacial score (nSPS) is 18.9. The Labute approximate surface area is 260 Å². The Hall–Kier alpha value is -4.21. The van der Waals surface area contributed by atoms with E-state index in [1.54, 1.807) is 0 Å². The first kappa shape index (κ1) is 26.7. The average Bonchev–Trinajstić information content (AvgIpc) is 3.57. The van der Waals surface area contributed by atoms with Crippen LogP contribution < -0.4 is 9.64 Å². The zero-order valence-electron chi connectivity index (χ0n) is 23.2. The molecule has 0 amide bonds. The van der Waals surface area contributed by atoms with Gasteiger partial charge in [-0.15, -0.1) is 36.4 Å². The summed E-state index contributed by atoms with van der Waals surface area (Å²) in [5.41, 5.74) is 7.55. The molecule has 0 unspecified atom stereocenters. The minimum absolute atomic E-state index is 0. The molecule has 0 radical (unpaired) electrons. The fraction of sp³-hybridized carbons (Fsp3) is 0.167. The molecule has 208 valence electrons. The van der Waals surface area contributed by atoms with Crippen molar-refractivity contribution in [3.63, 3.8) is 0 Å². The fourth-order valence-corrected chi connectivity index (χ4v) is 6.37. The van der Waals surface area contributed by atoms with Crippen LogP contribution in [0, 0.1) is 12.1 Å². The molecule has 2 aliphatic heterocycles. The number of aliphatic imine (C=N–C) groups is 1. The van der Waals surface area contributed by atoms with Crippen LogP contribution in [0.15, 0.2) is 108 Å². The van der Waals surface area contributed by atoms with Crippen molar-refractivity contribution >= 4 is 23.1 Å². The molecule has 0 fully saturated rings. The number of ether oxygens (including phenoxy) is 2. The number of fused-ring (bicyclic) bond motifs is 5. The molecule has 0 N–H and O–H groups in total. The Bertz CT molecular complexity index is 1800. The second-order valence-electron chi connectivity index (χ2n) is 11.2. The summed E-state index contributed by atoms with van der Waals surface area (Å²) in [7, 11) is 0. The quantitative estimate of drug-likeness (QED) is 0.176. The van der Waals surface area contributed by atoms with Crippen LogP contribution >= 0.6 is 0 Å². The van der Waals surface area contributed by atoms with E-state index in [2.05, 4.69) is 85.5 Å². The molecule has 4 aromatic carbocycles. The Morgan fingerprint density at radius 1 is 0.833 bits per heavy atom. The van der Waals surface area contributed by atoms with E-state index < -0.39 is 0 Å². The van der Waals surface area contributed by atoms with Crippen molar-refractivity contribution in [1.29, 1.82) is 0 Å². The van der Waals surface area contributed by atoms with Crippen LogP contribution in [0.3, 0.4) is 0 Å². The van der Waals surface area contributed by atoms with Gasteiger partial charge >= 0.3 is 21.1 Å². The number of hydrogen-bond donors (Lipinski definition) is 0. The van der Waals surface area contributed by atoms with Gasteiger partial charge in [0.05, 0.1) is 0 Å². The summed E-state index contributed by atoms with van der Waals surface area (Å²) < 4.78 is 12.6. The third-order valence-electron chi connectivity index (χ3n) is 8.37. The summed E-state index contributed by atoms with van der Waals surface area (Å²) >= 11 is 0. The monoisotopic (exact) mass is 728 g/mol. The largest absolute Gasteiger partial charge is 2.00 e. The van der Waals surface area contributed by atoms with Gasteiger partial charge in [0, 0.05) is 40.8 Å². The summed E-state index contributed by atoms with van der Waals surface area (Å²) in [6, 6.07) is 39.7. The first-order valence-corrected chi connectivity index (χ1v) is 14.0. The zero-order valence-corrected chi connectivity index (χ0v) is 25.4. The van der Waals surface area contributed by atoms with Gasteiger partial charge in [0.2, 0.25) is 0 Å². The van der Waals surface area contributed by atoms with Crippen LogP contribution in [-0.4, -0.2) is 17.0 Å². The van der Waals surface area contributed by atoms with Crippen molar-refractivity contribution in [1.82, 2.24) is 4.98 Å². The molecular weight excluding hydrogens is 701 g/mol. The average molecular weight is 729 g/mol. The van der Waals surface area contributed by atoms with Crippen LogP contribution in [0.4, 0.5) is 17.2 Å². The topological polar surface area (TPSA) is 47.0 Å². The van der Waals surface area contributed by atoms with Gasteiger partial charge in [0.25, 0.3) is 0 Å². The van der Waals surface area contributed by atoms with E-state index in [4.69, 9.17) is 19.5 Å². The summed E-state index contributed by atoms with van der Waals surface area (Å²) in [6.07, 6.45) is 2.76. The maximum Gasteiger partial charge on any atom is 2.00 e. The number of para-hydroxylation sites is 1. The summed E-state index contributed by atoms with van der Waals surface area (Å²) in [5.74, 6) is 2.70. The van der Waals surface area contributed by atoms with Gasteiger partial charge in [-0.2, -0.15) is 6.07 Å². The molecule has 0 spiro atoms. The minimum Gasteiger partial charge on any atom is -0.514 e. The molecular formula is C36H27N3O2Pt.